The summed E-state index contributed by atoms with van der Waals surface area (Å²) in [5, 5.41) is 9.30. The first-order valence-electron chi connectivity index (χ1n) is 10.2. The largest absolute Gasteiger partial charge is 0.444 e. The predicted molar refractivity (Wildman–Crippen MR) is 109 cm³/mol. The summed E-state index contributed by atoms with van der Waals surface area (Å²) in [6, 6.07) is 1.59. The lowest BCUT2D eigenvalue weighted by Crippen LogP contribution is -2.58. The zero-order valence-electron chi connectivity index (χ0n) is 19.0. The summed E-state index contributed by atoms with van der Waals surface area (Å²) in [7, 11) is 0. The van der Waals surface area contributed by atoms with E-state index in [2.05, 4.69) is 9.97 Å². The van der Waals surface area contributed by atoms with Gasteiger partial charge in [0, 0.05) is 31.4 Å². The van der Waals surface area contributed by atoms with Gasteiger partial charge in [-0.1, -0.05) is 13.8 Å². The number of nitriles is 1. The van der Waals surface area contributed by atoms with Gasteiger partial charge in [0.1, 0.15) is 5.60 Å². The topological polar surface area (TPSA) is 82.4 Å². The first-order chi connectivity index (χ1) is 14.1. The van der Waals surface area contributed by atoms with Gasteiger partial charge in [0.2, 0.25) is 5.95 Å². The van der Waals surface area contributed by atoms with Gasteiger partial charge in [-0.15, -0.1) is 0 Å². The molecular weight excluding hydrogens is 411 g/mol. The van der Waals surface area contributed by atoms with Gasteiger partial charge in [-0.2, -0.15) is 18.4 Å². The van der Waals surface area contributed by atoms with Crippen molar-refractivity contribution >= 4 is 12.0 Å². The summed E-state index contributed by atoms with van der Waals surface area (Å²) >= 11 is 0. The smallest absolute Gasteiger partial charge is 0.433 e. The minimum absolute atomic E-state index is 0.0124. The van der Waals surface area contributed by atoms with Gasteiger partial charge in [0.05, 0.1) is 17.5 Å². The molecule has 0 saturated carbocycles. The van der Waals surface area contributed by atoms with Crippen molar-refractivity contribution in [1.82, 2.24) is 14.9 Å². The number of anilines is 1. The minimum Gasteiger partial charge on any atom is -0.444 e. The summed E-state index contributed by atoms with van der Waals surface area (Å²) in [6.45, 7) is 12.8. The fourth-order valence-electron chi connectivity index (χ4n) is 3.37. The quantitative estimate of drug-likeness (QED) is 0.692. The molecule has 0 aromatic carbocycles. The fourth-order valence-corrected chi connectivity index (χ4v) is 3.37. The van der Waals surface area contributed by atoms with Crippen LogP contribution in [0.5, 0.6) is 0 Å². The molecule has 2 heterocycles. The second kappa shape index (κ2) is 8.52. The molecule has 1 saturated heterocycles. The van der Waals surface area contributed by atoms with Crippen LogP contribution in [-0.4, -0.2) is 52.2 Å². The SMILES string of the molecule is CC(C)C1CN(C(=O)OC(C)(C)C)CCN1c1ncc(C(C)(C)C#N)c(C(F)(F)F)n1. The molecule has 7 nitrogen and oxygen atoms in total. The molecule has 172 valence electrons. The molecule has 0 spiro atoms. The molecule has 0 bridgehead atoms. The Bertz CT molecular complexity index is 856. The van der Waals surface area contributed by atoms with Crippen LogP contribution in [-0.2, 0) is 16.3 Å². The number of carbonyl (C=O) groups is 1. The molecule has 10 heteroatoms. The molecule has 1 aromatic rings. The highest BCUT2D eigenvalue weighted by atomic mass is 19.4. The maximum Gasteiger partial charge on any atom is 0.433 e. The van der Waals surface area contributed by atoms with Crippen LogP contribution in [0.2, 0.25) is 0 Å². The van der Waals surface area contributed by atoms with Crippen molar-refractivity contribution in [1.29, 1.82) is 5.26 Å². The Kier molecular flexibility index (Phi) is 6.79. The Morgan fingerprint density at radius 3 is 2.32 bits per heavy atom. The Morgan fingerprint density at radius 1 is 1.23 bits per heavy atom. The van der Waals surface area contributed by atoms with Crippen molar-refractivity contribution < 1.29 is 22.7 Å². The van der Waals surface area contributed by atoms with Crippen molar-refractivity contribution in [2.24, 2.45) is 5.92 Å². The normalized spacial score (nSPS) is 18.2. The number of amides is 1. The second-order valence-electron chi connectivity index (χ2n) is 9.60. The van der Waals surface area contributed by atoms with Gasteiger partial charge >= 0.3 is 12.3 Å². The number of hydrogen-bond acceptors (Lipinski definition) is 6. The number of ether oxygens (including phenoxy) is 1. The molecule has 1 atom stereocenters. The molecule has 1 fully saturated rings. The van der Waals surface area contributed by atoms with Gasteiger partial charge in [-0.05, 0) is 40.5 Å². The summed E-state index contributed by atoms with van der Waals surface area (Å²) in [5.74, 6) is -0.0502. The average Bonchev–Trinajstić information content (AvgIpc) is 2.65. The van der Waals surface area contributed by atoms with Crippen molar-refractivity contribution in [3.05, 3.63) is 17.5 Å². The lowest BCUT2D eigenvalue weighted by molar-refractivity contribution is -0.142. The van der Waals surface area contributed by atoms with Crippen LogP contribution in [0.4, 0.5) is 23.9 Å². The fraction of sp³-hybridized carbons (Fsp3) is 0.714. The molecular formula is C21H30F3N5O2. The van der Waals surface area contributed by atoms with Gasteiger partial charge in [-0.3, -0.25) is 0 Å². The Balaban J connectivity index is 2.39. The van der Waals surface area contributed by atoms with Crippen molar-refractivity contribution in [3.8, 4) is 6.07 Å². The van der Waals surface area contributed by atoms with Gasteiger partial charge < -0.3 is 14.5 Å². The van der Waals surface area contributed by atoms with Gasteiger partial charge in [0.25, 0.3) is 0 Å². The monoisotopic (exact) mass is 441 g/mol. The first-order valence-corrected chi connectivity index (χ1v) is 10.2. The first kappa shape index (κ1) is 24.7. The molecule has 1 aromatic heterocycles. The summed E-state index contributed by atoms with van der Waals surface area (Å²) in [5.41, 5.74) is -3.41. The average molecular weight is 441 g/mol. The van der Waals surface area contributed by atoms with E-state index in [0.717, 1.165) is 6.20 Å². The molecule has 0 N–H and O–H groups in total. The molecule has 31 heavy (non-hydrogen) atoms. The Hall–Kier alpha value is -2.57. The number of rotatable bonds is 3. The number of nitrogens with zero attached hydrogens (tertiary/aromatic N) is 5. The molecule has 1 aliphatic rings. The number of piperazine rings is 1. The van der Waals surface area contributed by atoms with Crippen LogP contribution in [0, 0.1) is 17.2 Å². The van der Waals surface area contributed by atoms with E-state index in [1.807, 2.05) is 19.9 Å². The van der Waals surface area contributed by atoms with Crippen LogP contribution in [0.15, 0.2) is 6.20 Å². The molecule has 0 radical (unpaired) electrons. The summed E-state index contributed by atoms with van der Waals surface area (Å²) in [6.07, 6.45) is -4.10. The number of aromatic nitrogens is 2. The van der Waals surface area contributed by atoms with Crippen molar-refractivity contribution in [2.75, 3.05) is 24.5 Å². The van der Waals surface area contributed by atoms with Crippen molar-refractivity contribution in [3.63, 3.8) is 0 Å². The number of carbonyl (C=O) groups excluding carboxylic acids is 1. The second-order valence-corrected chi connectivity index (χ2v) is 9.60. The lowest BCUT2D eigenvalue weighted by atomic mass is 9.86. The third-order valence-electron chi connectivity index (χ3n) is 5.09. The van der Waals surface area contributed by atoms with Gasteiger partial charge in [-0.25, -0.2) is 14.8 Å². The molecule has 1 amide bonds. The van der Waals surface area contributed by atoms with Crippen LogP contribution in [0.25, 0.3) is 0 Å². The highest BCUT2D eigenvalue weighted by Crippen LogP contribution is 2.37. The number of hydrogen-bond donors (Lipinski definition) is 0. The van der Waals surface area contributed by atoms with E-state index in [1.54, 1.807) is 30.6 Å². The van der Waals surface area contributed by atoms with E-state index >= 15 is 0 Å². The molecule has 1 unspecified atom stereocenters. The minimum atomic E-state index is -4.73. The van der Waals surface area contributed by atoms with E-state index < -0.39 is 29.0 Å². The van der Waals surface area contributed by atoms with E-state index in [-0.39, 0.29) is 43.1 Å². The highest BCUT2D eigenvalue weighted by Gasteiger charge is 2.42. The molecule has 0 aliphatic carbocycles. The van der Waals surface area contributed by atoms with Gasteiger partial charge in [0.15, 0.2) is 5.69 Å². The third kappa shape index (κ3) is 5.77. The standard InChI is InChI=1S/C21H30F3N5O2/c1-13(2)15-11-28(18(30)31-19(3,4)5)8-9-29(15)17-26-10-14(20(6,7)12-25)16(27-17)21(22,23)24/h10,13,15H,8-9,11H2,1-7H3. The van der Waals surface area contributed by atoms with Crippen LogP contribution >= 0.6 is 0 Å². The van der Waals surface area contributed by atoms with E-state index in [1.165, 1.54) is 13.8 Å². The highest BCUT2D eigenvalue weighted by molar-refractivity contribution is 5.68. The maximum absolute atomic E-state index is 13.8. The van der Waals surface area contributed by atoms with Crippen molar-refractivity contribution in [2.45, 2.75) is 71.7 Å². The Morgan fingerprint density at radius 2 is 1.84 bits per heavy atom. The Labute approximate surface area is 181 Å². The zero-order valence-corrected chi connectivity index (χ0v) is 19.0. The molecule has 2 rings (SSSR count). The molecule has 1 aliphatic heterocycles. The van der Waals surface area contributed by atoms with Crippen LogP contribution in [0.3, 0.4) is 0 Å². The lowest BCUT2D eigenvalue weighted by Gasteiger charge is -2.43. The summed E-state index contributed by atoms with van der Waals surface area (Å²) in [4.78, 5) is 23.8. The summed E-state index contributed by atoms with van der Waals surface area (Å²) < 4.78 is 46.7. The zero-order chi connectivity index (χ0) is 23.8. The predicted octanol–water partition coefficient (Wildman–Crippen LogP) is 4.38. The number of halogens is 3. The van der Waals surface area contributed by atoms with E-state index in [9.17, 15) is 23.2 Å². The number of alkyl halides is 3. The maximum atomic E-state index is 13.8. The van der Waals surface area contributed by atoms with E-state index in [4.69, 9.17) is 4.74 Å². The third-order valence-corrected chi connectivity index (χ3v) is 5.09. The van der Waals surface area contributed by atoms with Crippen LogP contribution < -0.4 is 4.90 Å². The van der Waals surface area contributed by atoms with Crippen LogP contribution in [0.1, 0.15) is 59.7 Å². The van der Waals surface area contributed by atoms with E-state index in [0.29, 0.717) is 0 Å².